The summed E-state index contributed by atoms with van der Waals surface area (Å²) in [5.41, 5.74) is 3.49. The van der Waals surface area contributed by atoms with Gasteiger partial charge in [0.05, 0.1) is 0 Å². The molecule has 0 spiro atoms. The fraction of sp³-hybridized carbons (Fsp3) is 0.765. The molecule has 2 rings (SSSR count). The van der Waals surface area contributed by atoms with E-state index in [1.165, 1.54) is 18.4 Å². The van der Waals surface area contributed by atoms with Crippen LogP contribution in [0.3, 0.4) is 0 Å². The molecule has 21 heavy (non-hydrogen) atoms. The Bertz CT molecular complexity index is 446. The van der Waals surface area contributed by atoms with Crippen molar-refractivity contribution in [2.75, 3.05) is 13.2 Å². The molecule has 0 bridgehead atoms. The largest absolute Gasteiger partial charge is 0.370 e. The first kappa shape index (κ1) is 16.4. The standard InChI is InChI=1S/C17H29N3O/c1-6-21-16(14-7-8-14)17-19-12(4)15(13(5)20-17)9-10-18-11(2)3/h11,14,16,18H,6-10H2,1-5H3. The molecule has 1 aliphatic carbocycles. The maximum atomic E-state index is 5.88. The van der Waals surface area contributed by atoms with Crippen LogP contribution >= 0.6 is 0 Å². The molecule has 0 saturated heterocycles. The lowest BCUT2D eigenvalue weighted by atomic mass is 10.1. The van der Waals surface area contributed by atoms with Gasteiger partial charge in [0.25, 0.3) is 0 Å². The summed E-state index contributed by atoms with van der Waals surface area (Å²) in [5.74, 6) is 1.51. The van der Waals surface area contributed by atoms with Gasteiger partial charge in [-0.25, -0.2) is 9.97 Å². The second-order valence-electron chi connectivity index (χ2n) is 6.30. The first-order chi connectivity index (χ1) is 10.0. The van der Waals surface area contributed by atoms with Crippen LogP contribution in [0.25, 0.3) is 0 Å². The van der Waals surface area contributed by atoms with E-state index in [0.29, 0.717) is 12.0 Å². The Labute approximate surface area is 128 Å². The monoisotopic (exact) mass is 291 g/mol. The lowest BCUT2D eigenvalue weighted by Gasteiger charge is -2.18. The minimum absolute atomic E-state index is 0.0928. The van der Waals surface area contributed by atoms with Crippen LogP contribution in [0.4, 0.5) is 0 Å². The minimum atomic E-state index is 0.0928. The smallest absolute Gasteiger partial charge is 0.157 e. The summed E-state index contributed by atoms with van der Waals surface area (Å²) in [6.07, 6.45) is 3.56. The number of ether oxygens (including phenoxy) is 1. The molecular formula is C17H29N3O. The molecule has 1 saturated carbocycles. The van der Waals surface area contributed by atoms with Crippen molar-refractivity contribution in [1.29, 1.82) is 0 Å². The van der Waals surface area contributed by atoms with Crippen molar-refractivity contribution in [3.8, 4) is 0 Å². The van der Waals surface area contributed by atoms with Crippen molar-refractivity contribution in [3.05, 3.63) is 22.8 Å². The number of hydrogen-bond acceptors (Lipinski definition) is 4. The van der Waals surface area contributed by atoms with Gasteiger partial charge >= 0.3 is 0 Å². The Kier molecular flexibility index (Phi) is 5.71. The zero-order valence-corrected chi connectivity index (χ0v) is 14.1. The third-order valence-corrected chi connectivity index (χ3v) is 4.02. The Morgan fingerprint density at radius 1 is 1.19 bits per heavy atom. The van der Waals surface area contributed by atoms with E-state index in [-0.39, 0.29) is 6.10 Å². The molecule has 4 heteroatoms. The SMILES string of the molecule is CCOC(c1nc(C)c(CCNC(C)C)c(C)n1)C1CC1. The van der Waals surface area contributed by atoms with Gasteiger partial charge in [0, 0.05) is 24.0 Å². The Balaban J connectivity index is 2.11. The quantitative estimate of drug-likeness (QED) is 0.799. The maximum absolute atomic E-state index is 5.88. The highest BCUT2D eigenvalue weighted by molar-refractivity contribution is 5.25. The first-order valence-corrected chi connectivity index (χ1v) is 8.21. The Morgan fingerprint density at radius 2 is 1.81 bits per heavy atom. The van der Waals surface area contributed by atoms with Gasteiger partial charge in [-0.3, -0.25) is 0 Å². The summed E-state index contributed by atoms with van der Waals surface area (Å²) in [4.78, 5) is 9.50. The highest BCUT2D eigenvalue weighted by Crippen LogP contribution is 2.42. The zero-order valence-electron chi connectivity index (χ0n) is 14.1. The first-order valence-electron chi connectivity index (χ1n) is 8.21. The van der Waals surface area contributed by atoms with Crippen molar-refractivity contribution < 1.29 is 4.74 Å². The molecule has 0 aromatic carbocycles. The topological polar surface area (TPSA) is 47.0 Å². The van der Waals surface area contributed by atoms with E-state index in [4.69, 9.17) is 14.7 Å². The van der Waals surface area contributed by atoms with E-state index in [0.717, 1.165) is 36.8 Å². The Hall–Kier alpha value is -1.00. The fourth-order valence-corrected chi connectivity index (χ4v) is 2.74. The molecule has 4 nitrogen and oxygen atoms in total. The molecule has 1 aliphatic rings. The van der Waals surface area contributed by atoms with E-state index < -0.39 is 0 Å². The van der Waals surface area contributed by atoms with Crippen molar-refractivity contribution in [2.45, 2.75) is 66.0 Å². The number of aryl methyl sites for hydroxylation is 2. The van der Waals surface area contributed by atoms with Crippen LogP contribution in [-0.2, 0) is 11.2 Å². The van der Waals surface area contributed by atoms with Crippen LogP contribution in [0, 0.1) is 19.8 Å². The molecule has 1 fully saturated rings. The summed E-state index contributed by atoms with van der Waals surface area (Å²) < 4.78 is 5.88. The van der Waals surface area contributed by atoms with Crippen LogP contribution in [0.1, 0.15) is 62.5 Å². The van der Waals surface area contributed by atoms with Gasteiger partial charge in [-0.1, -0.05) is 13.8 Å². The molecule has 1 aromatic heterocycles. The van der Waals surface area contributed by atoms with Gasteiger partial charge in [0.2, 0.25) is 0 Å². The van der Waals surface area contributed by atoms with E-state index >= 15 is 0 Å². The van der Waals surface area contributed by atoms with Gasteiger partial charge < -0.3 is 10.1 Å². The number of hydrogen-bond donors (Lipinski definition) is 1. The van der Waals surface area contributed by atoms with Gasteiger partial charge in [-0.2, -0.15) is 0 Å². The van der Waals surface area contributed by atoms with Gasteiger partial charge in [0.1, 0.15) is 6.10 Å². The summed E-state index contributed by atoms with van der Waals surface area (Å²) in [5, 5.41) is 3.45. The molecular weight excluding hydrogens is 262 g/mol. The summed E-state index contributed by atoms with van der Waals surface area (Å²) in [6, 6.07) is 0.517. The van der Waals surface area contributed by atoms with E-state index in [9.17, 15) is 0 Å². The molecule has 1 heterocycles. The van der Waals surface area contributed by atoms with Gasteiger partial charge in [0.15, 0.2) is 5.82 Å². The Morgan fingerprint density at radius 3 is 2.29 bits per heavy atom. The molecule has 0 radical (unpaired) electrons. The lowest BCUT2D eigenvalue weighted by Crippen LogP contribution is -2.25. The zero-order chi connectivity index (χ0) is 15.4. The fourth-order valence-electron chi connectivity index (χ4n) is 2.74. The molecule has 1 unspecified atom stereocenters. The molecule has 0 amide bonds. The van der Waals surface area contributed by atoms with Crippen LogP contribution in [-0.4, -0.2) is 29.2 Å². The second-order valence-corrected chi connectivity index (χ2v) is 6.30. The molecule has 118 valence electrons. The van der Waals surface area contributed by atoms with Crippen molar-refractivity contribution >= 4 is 0 Å². The van der Waals surface area contributed by atoms with E-state index in [1.807, 2.05) is 6.92 Å². The highest BCUT2D eigenvalue weighted by Gasteiger charge is 2.35. The van der Waals surface area contributed by atoms with Crippen molar-refractivity contribution in [2.24, 2.45) is 5.92 Å². The predicted molar refractivity (Wildman–Crippen MR) is 85.4 cm³/mol. The summed E-state index contributed by atoms with van der Waals surface area (Å²) in [7, 11) is 0. The normalized spacial score (nSPS) is 16.5. The number of nitrogens with zero attached hydrogens (tertiary/aromatic N) is 2. The molecule has 1 aromatic rings. The third-order valence-electron chi connectivity index (χ3n) is 4.02. The summed E-state index contributed by atoms with van der Waals surface area (Å²) in [6.45, 7) is 12.3. The number of nitrogens with one attached hydrogen (secondary N) is 1. The van der Waals surface area contributed by atoms with Crippen LogP contribution in [0.15, 0.2) is 0 Å². The van der Waals surface area contributed by atoms with Crippen LogP contribution in [0.5, 0.6) is 0 Å². The highest BCUT2D eigenvalue weighted by atomic mass is 16.5. The number of aromatic nitrogens is 2. The average molecular weight is 291 g/mol. The second kappa shape index (κ2) is 7.32. The lowest BCUT2D eigenvalue weighted by molar-refractivity contribution is 0.0397. The minimum Gasteiger partial charge on any atom is -0.370 e. The molecule has 1 N–H and O–H groups in total. The van der Waals surface area contributed by atoms with Gasteiger partial charge in [-0.15, -0.1) is 0 Å². The maximum Gasteiger partial charge on any atom is 0.157 e. The van der Waals surface area contributed by atoms with E-state index in [1.54, 1.807) is 0 Å². The number of rotatable bonds is 8. The third kappa shape index (κ3) is 4.48. The molecule has 1 atom stereocenters. The predicted octanol–water partition coefficient (Wildman–Crippen LogP) is 3.12. The summed E-state index contributed by atoms with van der Waals surface area (Å²) >= 11 is 0. The average Bonchev–Trinajstić information content (AvgIpc) is 3.23. The van der Waals surface area contributed by atoms with Gasteiger partial charge in [-0.05, 0) is 58.1 Å². The van der Waals surface area contributed by atoms with Crippen molar-refractivity contribution in [1.82, 2.24) is 15.3 Å². The van der Waals surface area contributed by atoms with Crippen molar-refractivity contribution in [3.63, 3.8) is 0 Å². The van der Waals surface area contributed by atoms with E-state index in [2.05, 4.69) is 33.0 Å². The van der Waals surface area contributed by atoms with Crippen LogP contribution in [0.2, 0.25) is 0 Å². The molecule has 0 aliphatic heterocycles. The van der Waals surface area contributed by atoms with Crippen LogP contribution < -0.4 is 5.32 Å².